The Kier molecular flexibility index (Phi) is 4.39. The SMILES string of the molecule is CC(C)(C)n1ncnc1CNC1(c2cccc(C(F)(F)F)c2)CCC1. The number of halogens is 3. The van der Waals surface area contributed by atoms with E-state index >= 15 is 0 Å². The molecule has 1 fully saturated rings. The quantitative estimate of drug-likeness (QED) is 0.896. The van der Waals surface area contributed by atoms with E-state index in [2.05, 4.69) is 15.4 Å². The summed E-state index contributed by atoms with van der Waals surface area (Å²) in [5.41, 5.74) is -0.529. The molecule has 1 saturated carbocycles. The van der Waals surface area contributed by atoms with E-state index in [1.54, 1.807) is 6.07 Å². The summed E-state index contributed by atoms with van der Waals surface area (Å²) in [6.45, 7) is 6.58. The topological polar surface area (TPSA) is 42.7 Å². The van der Waals surface area contributed by atoms with Gasteiger partial charge in [-0.15, -0.1) is 0 Å². The molecule has 25 heavy (non-hydrogen) atoms. The van der Waals surface area contributed by atoms with E-state index < -0.39 is 17.3 Å². The highest BCUT2D eigenvalue weighted by molar-refractivity contribution is 5.33. The van der Waals surface area contributed by atoms with Gasteiger partial charge >= 0.3 is 6.18 Å². The number of nitrogens with zero attached hydrogens (tertiary/aromatic N) is 3. The molecule has 1 aromatic carbocycles. The molecule has 0 spiro atoms. The zero-order chi connectivity index (χ0) is 18.3. The third kappa shape index (κ3) is 3.56. The van der Waals surface area contributed by atoms with Crippen molar-refractivity contribution in [3.63, 3.8) is 0 Å². The van der Waals surface area contributed by atoms with E-state index in [9.17, 15) is 13.2 Å². The van der Waals surface area contributed by atoms with Crippen molar-refractivity contribution in [2.75, 3.05) is 0 Å². The van der Waals surface area contributed by atoms with Gasteiger partial charge < -0.3 is 5.32 Å². The predicted octanol–water partition coefficient (Wildman–Crippen LogP) is 4.22. The average molecular weight is 352 g/mol. The van der Waals surface area contributed by atoms with Gasteiger partial charge in [-0.3, -0.25) is 0 Å². The average Bonchev–Trinajstić information content (AvgIpc) is 2.94. The third-order valence-electron chi connectivity index (χ3n) is 4.79. The van der Waals surface area contributed by atoms with Crippen molar-refractivity contribution in [2.45, 2.75) is 63.8 Å². The molecule has 1 aliphatic rings. The van der Waals surface area contributed by atoms with Crippen molar-refractivity contribution in [1.82, 2.24) is 20.1 Å². The molecule has 0 unspecified atom stereocenters. The van der Waals surface area contributed by atoms with E-state index in [1.165, 1.54) is 18.5 Å². The number of rotatable bonds is 4. The molecule has 4 nitrogen and oxygen atoms in total. The molecule has 3 rings (SSSR count). The molecule has 136 valence electrons. The lowest BCUT2D eigenvalue weighted by Crippen LogP contribution is -2.48. The molecule has 1 aliphatic carbocycles. The molecule has 1 aromatic heterocycles. The minimum atomic E-state index is -4.33. The van der Waals surface area contributed by atoms with Crippen LogP contribution in [0.3, 0.4) is 0 Å². The fourth-order valence-corrected chi connectivity index (χ4v) is 3.29. The number of alkyl halides is 3. The monoisotopic (exact) mass is 352 g/mol. The number of hydrogen-bond donors (Lipinski definition) is 1. The number of benzene rings is 1. The summed E-state index contributed by atoms with van der Waals surface area (Å²) in [4.78, 5) is 4.30. The Morgan fingerprint density at radius 1 is 1.20 bits per heavy atom. The maximum atomic E-state index is 13.0. The van der Waals surface area contributed by atoms with Gasteiger partial charge in [0.15, 0.2) is 0 Å². The Labute approximate surface area is 145 Å². The zero-order valence-corrected chi connectivity index (χ0v) is 14.7. The largest absolute Gasteiger partial charge is 0.416 e. The van der Waals surface area contributed by atoms with Gasteiger partial charge in [-0.25, -0.2) is 9.67 Å². The number of aromatic nitrogens is 3. The highest BCUT2D eigenvalue weighted by Crippen LogP contribution is 2.43. The van der Waals surface area contributed by atoms with Crippen LogP contribution in [0.2, 0.25) is 0 Å². The van der Waals surface area contributed by atoms with E-state index in [4.69, 9.17) is 0 Å². The predicted molar refractivity (Wildman–Crippen MR) is 88.8 cm³/mol. The Hall–Kier alpha value is -1.89. The lowest BCUT2D eigenvalue weighted by Gasteiger charge is -2.43. The lowest BCUT2D eigenvalue weighted by molar-refractivity contribution is -0.137. The second kappa shape index (κ2) is 6.12. The first-order chi connectivity index (χ1) is 11.6. The van der Waals surface area contributed by atoms with Crippen molar-refractivity contribution >= 4 is 0 Å². The van der Waals surface area contributed by atoms with E-state index in [-0.39, 0.29) is 5.54 Å². The Balaban J connectivity index is 1.82. The molecule has 2 aromatic rings. The summed E-state index contributed by atoms with van der Waals surface area (Å²) in [5.74, 6) is 0.783. The Morgan fingerprint density at radius 3 is 2.48 bits per heavy atom. The Morgan fingerprint density at radius 2 is 1.92 bits per heavy atom. The minimum Gasteiger partial charge on any atom is -0.300 e. The van der Waals surface area contributed by atoms with E-state index in [0.717, 1.165) is 31.2 Å². The van der Waals surface area contributed by atoms with Crippen LogP contribution in [0, 0.1) is 0 Å². The van der Waals surface area contributed by atoms with Crippen LogP contribution in [-0.4, -0.2) is 14.8 Å². The first-order valence-electron chi connectivity index (χ1n) is 8.44. The van der Waals surface area contributed by atoms with Crippen LogP contribution < -0.4 is 5.32 Å². The molecule has 0 saturated heterocycles. The molecular formula is C18H23F3N4. The normalized spacial score (nSPS) is 17.4. The maximum absolute atomic E-state index is 13.0. The van der Waals surface area contributed by atoms with Gasteiger partial charge in [0, 0.05) is 5.54 Å². The maximum Gasteiger partial charge on any atom is 0.416 e. The molecular weight excluding hydrogens is 329 g/mol. The van der Waals surface area contributed by atoms with E-state index in [1.807, 2.05) is 25.5 Å². The summed E-state index contributed by atoms with van der Waals surface area (Å²) in [6, 6.07) is 5.64. The van der Waals surface area contributed by atoms with Gasteiger partial charge in [0.25, 0.3) is 0 Å². The summed E-state index contributed by atoms with van der Waals surface area (Å²) >= 11 is 0. The lowest BCUT2D eigenvalue weighted by atomic mass is 9.71. The van der Waals surface area contributed by atoms with Crippen LogP contribution in [0.4, 0.5) is 13.2 Å². The van der Waals surface area contributed by atoms with Gasteiger partial charge in [0.05, 0.1) is 17.6 Å². The molecule has 1 N–H and O–H groups in total. The molecule has 0 radical (unpaired) electrons. The molecule has 0 aliphatic heterocycles. The molecule has 0 amide bonds. The van der Waals surface area contributed by atoms with Crippen LogP contribution in [0.15, 0.2) is 30.6 Å². The summed E-state index contributed by atoms with van der Waals surface area (Å²) in [7, 11) is 0. The Bertz CT molecular complexity index is 739. The molecule has 0 atom stereocenters. The summed E-state index contributed by atoms with van der Waals surface area (Å²) in [5, 5.41) is 7.72. The van der Waals surface area contributed by atoms with Crippen LogP contribution in [0.25, 0.3) is 0 Å². The van der Waals surface area contributed by atoms with Crippen LogP contribution in [0.5, 0.6) is 0 Å². The second-order valence-corrected chi connectivity index (χ2v) is 7.63. The van der Waals surface area contributed by atoms with Gasteiger partial charge in [0.2, 0.25) is 0 Å². The molecule has 1 heterocycles. The van der Waals surface area contributed by atoms with Gasteiger partial charge in [-0.1, -0.05) is 12.1 Å². The molecule has 0 bridgehead atoms. The van der Waals surface area contributed by atoms with Crippen LogP contribution in [-0.2, 0) is 23.8 Å². The standard InChI is InChI=1S/C18H23F3N4/c1-16(2,3)25-15(22-12-24-25)11-23-17(8-5-9-17)13-6-4-7-14(10-13)18(19,20)21/h4,6-7,10,12,23H,5,8-9,11H2,1-3H3. The fourth-order valence-electron chi connectivity index (χ4n) is 3.29. The number of nitrogens with one attached hydrogen (secondary N) is 1. The summed E-state index contributed by atoms with van der Waals surface area (Å²) < 4.78 is 40.9. The van der Waals surface area contributed by atoms with Gasteiger partial charge in [-0.05, 0) is 57.7 Å². The highest BCUT2D eigenvalue weighted by Gasteiger charge is 2.40. The first kappa shape index (κ1) is 17.9. The first-order valence-corrected chi connectivity index (χ1v) is 8.44. The minimum absolute atomic E-state index is 0.198. The van der Waals surface area contributed by atoms with Crippen molar-refractivity contribution in [1.29, 1.82) is 0 Å². The smallest absolute Gasteiger partial charge is 0.300 e. The van der Waals surface area contributed by atoms with Gasteiger partial charge in [0.1, 0.15) is 12.2 Å². The van der Waals surface area contributed by atoms with Crippen LogP contribution >= 0.6 is 0 Å². The van der Waals surface area contributed by atoms with Gasteiger partial charge in [-0.2, -0.15) is 18.3 Å². The highest BCUT2D eigenvalue weighted by atomic mass is 19.4. The summed E-state index contributed by atoms with van der Waals surface area (Å²) in [6.07, 6.45) is -0.182. The van der Waals surface area contributed by atoms with Crippen molar-refractivity contribution in [3.8, 4) is 0 Å². The van der Waals surface area contributed by atoms with E-state index in [0.29, 0.717) is 12.1 Å². The number of hydrogen-bond acceptors (Lipinski definition) is 3. The fraction of sp³-hybridized carbons (Fsp3) is 0.556. The zero-order valence-electron chi connectivity index (χ0n) is 14.7. The van der Waals surface area contributed by atoms with Crippen molar-refractivity contribution < 1.29 is 13.2 Å². The van der Waals surface area contributed by atoms with Crippen LogP contribution in [0.1, 0.15) is 57.0 Å². The van der Waals surface area contributed by atoms with Crippen molar-refractivity contribution in [2.24, 2.45) is 0 Å². The molecule has 7 heteroatoms. The van der Waals surface area contributed by atoms with Crippen molar-refractivity contribution in [3.05, 3.63) is 47.5 Å². The second-order valence-electron chi connectivity index (χ2n) is 7.63. The third-order valence-corrected chi connectivity index (χ3v) is 4.79.